The summed E-state index contributed by atoms with van der Waals surface area (Å²) < 4.78 is 5.75. The van der Waals surface area contributed by atoms with Crippen molar-refractivity contribution < 1.29 is 4.74 Å². The molecule has 1 aromatic heterocycles. The number of ether oxygens (including phenoxy) is 1. The number of nitrogens with zero attached hydrogens (tertiary/aromatic N) is 2. The molecule has 2 aromatic rings. The summed E-state index contributed by atoms with van der Waals surface area (Å²) in [4.78, 5) is 6.73. The van der Waals surface area contributed by atoms with E-state index in [-0.39, 0.29) is 0 Å². The number of hydrogen-bond acceptors (Lipinski definition) is 4. The van der Waals surface area contributed by atoms with Gasteiger partial charge in [0.25, 0.3) is 0 Å². The maximum atomic E-state index is 5.75. The van der Waals surface area contributed by atoms with Crippen molar-refractivity contribution in [3.8, 4) is 0 Å². The molecule has 4 heteroatoms. The lowest BCUT2D eigenvalue weighted by atomic mass is 10.1. The molecule has 1 aliphatic rings. The number of hydrogen-bond donors (Lipinski definition) is 1. The number of rotatable bonds is 5. The fourth-order valence-corrected chi connectivity index (χ4v) is 3.03. The van der Waals surface area contributed by atoms with E-state index >= 15 is 0 Å². The molecule has 3 rings (SSSR count). The molecule has 1 atom stereocenters. The second-order valence-corrected chi connectivity index (χ2v) is 6.28. The third kappa shape index (κ3) is 3.83. The first-order valence-electron chi connectivity index (χ1n) is 8.11. The second-order valence-electron chi connectivity index (χ2n) is 6.28. The van der Waals surface area contributed by atoms with Crippen LogP contribution in [0.3, 0.4) is 0 Å². The molecule has 4 nitrogen and oxygen atoms in total. The fourth-order valence-electron chi connectivity index (χ4n) is 3.03. The van der Waals surface area contributed by atoms with Gasteiger partial charge >= 0.3 is 0 Å². The first kappa shape index (κ1) is 15.4. The Morgan fingerprint density at radius 1 is 1.36 bits per heavy atom. The average molecular weight is 299 g/mol. The number of aromatic nitrogens is 1. The molecule has 1 saturated heterocycles. The van der Waals surface area contributed by atoms with E-state index in [2.05, 4.69) is 53.3 Å². The number of fused-ring (bicyclic) bond motifs is 1. The predicted molar refractivity (Wildman–Crippen MR) is 89.9 cm³/mol. The predicted octanol–water partition coefficient (Wildman–Crippen LogP) is 2.43. The Hall–Kier alpha value is -1.49. The molecular weight excluding hydrogens is 274 g/mol. The van der Waals surface area contributed by atoms with Gasteiger partial charge in [-0.2, -0.15) is 0 Å². The highest BCUT2D eigenvalue weighted by molar-refractivity contribution is 5.84. The van der Waals surface area contributed by atoms with Crippen LogP contribution in [0.2, 0.25) is 0 Å². The van der Waals surface area contributed by atoms with Crippen LogP contribution in [0, 0.1) is 0 Å². The zero-order chi connectivity index (χ0) is 15.4. The van der Waals surface area contributed by atoms with Crippen molar-refractivity contribution in [2.75, 3.05) is 26.2 Å². The van der Waals surface area contributed by atoms with E-state index in [1.807, 2.05) is 12.4 Å². The molecule has 0 bridgehead atoms. The van der Waals surface area contributed by atoms with Crippen LogP contribution in [0.5, 0.6) is 0 Å². The topological polar surface area (TPSA) is 37.4 Å². The third-order valence-corrected chi connectivity index (χ3v) is 4.14. The monoisotopic (exact) mass is 299 g/mol. The van der Waals surface area contributed by atoms with Gasteiger partial charge in [-0.25, -0.2) is 0 Å². The maximum absolute atomic E-state index is 5.75. The molecule has 0 saturated carbocycles. The van der Waals surface area contributed by atoms with E-state index in [1.165, 1.54) is 16.3 Å². The van der Waals surface area contributed by atoms with Gasteiger partial charge in [0.1, 0.15) is 0 Å². The zero-order valence-corrected chi connectivity index (χ0v) is 13.5. The third-order valence-electron chi connectivity index (χ3n) is 4.14. The molecule has 0 amide bonds. The van der Waals surface area contributed by atoms with Crippen molar-refractivity contribution in [3.63, 3.8) is 0 Å². The van der Waals surface area contributed by atoms with Crippen LogP contribution in [-0.2, 0) is 11.3 Å². The quantitative estimate of drug-likeness (QED) is 0.920. The van der Waals surface area contributed by atoms with Crippen molar-refractivity contribution in [1.82, 2.24) is 15.2 Å². The van der Waals surface area contributed by atoms with Crippen LogP contribution in [-0.4, -0.2) is 48.3 Å². The lowest BCUT2D eigenvalue weighted by molar-refractivity contribution is 0.0421. The summed E-state index contributed by atoms with van der Waals surface area (Å²) in [6.45, 7) is 9.09. The lowest BCUT2D eigenvalue weighted by Gasteiger charge is -2.34. The van der Waals surface area contributed by atoms with Gasteiger partial charge in [0.2, 0.25) is 0 Å². The summed E-state index contributed by atoms with van der Waals surface area (Å²) in [6.07, 6.45) is 4.11. The summed E-state index contributed by atoms with van der Waals surface area (Å²) in [5.41, 5.74) is 1.38. The van der Waals surface area contributed by atoms with Gasteiger partial charge in [0.15, 0.2) is 0 Å². The molecule has 1 fully saturated rings. The Morgan fingerprint density at radius 2 is 2.27 bits per heavy atom. The Morgan fingerprint density at radius 3 is 3.14 bits per heavy atom. The van der Waals surface area contributed by atoms with Gasteiger partial charge in [-0.1, -0.05) is 18.2 Å². The minimum atomic E-state index is 0.294. The second kappa shape index (κ2) is 7.18. The Kier molecular flexibility index (Phi) is 5.03. The van der Waals surface area contributed by atoms with Crippen molar-refractivity contribution >= 4 is 10.8 Å². The van der Waals surface area contributed by atoms with E-state index in [9.17, 15) is 0 Å². The first-order chi connectivity index (χ1) is 10.7. The molecule has 118 valence electrons. The van der Waals surface area contributed by atoms with Gasteiger partial charge in [-0.05, 0) is 30.9 Å². The summed E-state index contributed by atoms with van der Waals surface area (Å²) in [6, 6.07) is 9.02. The number of piperazine rings is 1. The van der Waals surface area contributed by atoms with E-state index in [4.69, 9.17) is 4.74 Å². The van der Waals surface area contributed by atoms with Crippen molar-refractivity contribution in [2.24, 2.45) is 0 Å². The highest BCUT2D eigenvalue weighted by Gasteiger charge is 2.20. The first-order valence-corrected chi connectivity index (χ1v) is 8.11. The van der Waals surface area contributed by atoms with Crippen molar-refractivity contribution in [1.29, 1.82) is 0 Å². The number of benzene rings is 1. The van der Waals surface area contributed by atoms with E-state index < -0.39 is 0 Å². The minimum Gasteiger partial charge on any atom is -0.377 e. The molecule has 1 N–H and O–H groups in total. The molecule has 2 heterocycles. The Bertz CT molecular complexity index is 609. The van der Waals surface area contributed by atoms with E-state index in [0.717, 1.165) is 32.8 Å². The molecule has 1 aromatic carbocycles. The lowest BCUT2D eigenvalue weighted by Crippen LogP contribution is -2.52. The smallest absolute Gasteiger partial charge is 0.0635 e. The zero-order valence-electron chi connectivity index (χ0n) is 13.5. The molecule has 0 radical (unpaired) electrons. The number of pyridine rings is 1. The normalized spacial score (nSPS) is 19.9. The van der Waals surface area contributed by atoms with Gasteiger partial charge in [0.05, 0.1) is 12.7 Å². The molecule has 0 aliphatic carbocycles. The highest BCUT2D eigenvalue weighted by atomic mass is 16.5. The van der Waals surface area contributed by atoms with E-state index in [1.54, 1.807) is 0 Å². The summed E-state index contributed by atoms with van der Waals surface area (Å²) in [5, 5.41) is 6.08. The van der Waals surface area contributed by atoms with Gasteiger partial charge in [0, 0.05) is 50.0 Å². The van der Waals surface area contributed by atoms with Gasteiger partial charge in [-0.3, -0.25) is 9.88 Å². The Balaban J connectivity index is 1.66. The maximum Gasteiger partial charge on any atom is 0.0635 e. The van der Waals surface area contributed by atoms with E-state index in [0.29, 0.717) is 12.1 Å². The molecule has 1 unspecified atom stereocenters. The SMILES string of the molecule is CC(C)OCC1CN(Cc2cccc3cnccc23)CCN1. The molecule has 1 aliphatic heterocycles. The van der Waals surface area contributed by atoms with Crippen LogP contribution in [0.1, 0.15) is 19.4 Å². The minimum absolute atomic E-state index is 0.294. The Labute approximate surface area is 132 Å². The molecule has 0 spiro atoms. The summed E-state index contributed by atoms with van der Waals surface area (Å²) in [7, 11) is 0. The van der Waals surface area contributed by atoms with Gasteiger partial charge < -0.3 is 10.1 Å². The molecular formula is C18H25N3O. The van der Waals surface area contributed by atoms with Crippen LogP contribution < -0.4 is 5.32 Å². The van der Waals surface area contributed by atoms with Gasteiger partial charge in [-0.15, -0.1) is 0 Å². The highest BCUT2D eigenvalue weighted by Crippen LogP contribution is 2.19. The molecule has 22 heavy (non-hydrogen) atoms. The van der Waals surface area contributed by atoms with Crippen molar-refractivity contribution in [3.05, 3.63) is 42.2 Å². The summed E-state index contributed by atoms with van der Waals surface area (Å²) in [5.74, 6) is 0. The average Bonchev–Trinajstić information content (AvgIpc) is 2.54. The van der Waals surface area contributed by atoms with Crippen LogP contribution in [0.25, 0.3) is 10.8 Å². The number of nitrogens with one attached hydrogen (secondary N) is 1. The summed E-state index contributed by atoms with van der Waals surface area (Å²) >= 11 is 0. The van der Waals surface area contributed by atoms with Crippen LogP contribution in [0.15, 0.2) is 36.7 Å². The van der Waals surface area contributed by atoms with Crippen LogP contribution in [0.4, 0.5) is 0 Å². The van der Waals surface area contributed by atoms with Crippen LogP contribution >= 0.6 is 0 Å². The fraction of sp³-hybridized carbons (Fsp3) is 0.500. The standard InChI is InChI=1S/C18H25N3O/c1-14(2)22-13-17-12-21(9-8-20-17)11-16-5-3-4-15-10-19-7-6-18(15)16/h3-7,10,14,17,20H,8-9,11-13H2,1-2H3. The largest absolute Gasteiger partial charge is 0.377 e. The van der Waals surface area contributed by atoms with Crippen molar-refractivity contribution in [2.45, 2.75) is 32.5 Å².